The molecule has 10 heteroatoms. The Balaban J connectivity index is 2.30. The summed E-state index contributed by atoms with van der Waals surface area (Å²) in [6.45, 7) is 3.27. The zero-order chi connectivity index (χ0) is 19.5. The molecule has 0 aromatic heterocycles. The topological polar surface area (TPSA) is 108 Å². The summed E-state index contributed by atoms with van der Waals surface area (Å²) in [5.74, 6) is -0.645. The Morgan fingerprint density at radius 2 is 1.73 bits per heavy atom. The maximum atomic E-state index is 12.4. The van der Waals surface area contributed by atoms with E-state index in [1.807, 2.05) is 0 Å². The minimum Gasteiger partial charge on any atom is -0.504 e. The number of phenolic OH excluding ortho intramolecular Hbond substituents is 1. The summed E-state index contributed by atoms with van der Waals surface area (Å²) in [6, 6.07) is 8.49. The molecule has 7 nitrogen and oxygen atoms in total. The highest BCUT2D eigenvalue weighted by molar-refractivity contribution is 9.10. The van der Waals surface area contributed by atoms with Crippen molar-refractivity contribution in [3.05, 3.63) is 45.9 Å². The number of halogens is 2. The molecule has 4 N–H and O–H groups in total. The van der Waals surface area contributed by atoms with Crippen molar-refractivity contribution in [3.8, 4) is 5.75 Å². The van der Waals surface area contributed by atoms with Crippen molar-refractivity contribution in [2.75, 3.05) is 10.6 Å². The largest absolute Gasteiger partial charge is 0.504 e. The number of aromatic hydroxyl groups is 1. The van der Waals surface area contributed by atoms with E-state index in [0.717, 1.165) is 0 Å². The molecule has 0 spiro atoms. The number of hydrogen-bond acceptors (Lipinski definition) is 4. The second-order valence-corrected chi connectivity index (χ2v) is 8.52. The Morgan fingerprint density at radius 3 is 2.35 bits per heavy atom. The summed E-state index contributed by atoms with van der Waals surface area (Å²) in [7, 11) is -4.06. The molecule has 2 aromatic carbocycles. The molecule has 0 fully saturated rings. The molecule has 0 aliphatic rings. The molecule has 2 rings (SSSR count). The Kier molecular flexibility index (Phi) is 6.51. The zero-order valence-corrected chi connectivity index (χ0v) is 17.0. The van der Waals surface area contributed by atoms with Crippen LogP contribution in [0.25, 0.3) is 0 Å². The quantitative estimate of drug-likeness (QED) is 0.501. The Morgan fingerprint density at radius 1 is 1.12 bits per heavy atom. The SMILES string of the molecule is CC(C)NS(=O)(=O)c1c(Cl)ccc(NC(=O)Nc2ccccc2Br)c1O. The number of phenols is 1. The average Bonchev–Trinajstić information content (AvgIpc) is 2.51. The number of benzene rings is 2. The highest BCUT2D eigenvalue weighted by Gasteiger charge is 2.26. The Hall–Kier alpha value is -1.81. The summed E-state index contributed by atoms with van der Waals surface area (Å²) in [5.41, 5.74) is 0.413. The standard InChI is InChI=1S/C16H17BrClN3O4S/c1-9(2)21-26(24,25)15-11(18)7-8-13(14(15)22)20-16(23)19-12-6-4-3-5-10(12)17/h3-9,21-22H,1-2H3,(H2,19,20,23). The van der Waals surface area contributed by atoms with Gasteiger partial charge in [0.05, 0.1) is 16.4 Å². The number of urea groups is 1. The van der Waals surface area contributed by atoms with Crippen LogP contribution in [0.15, 0.2) is 45.8 Å². The van der Waals surface area contributed by atoms with Gasteiger partial charge in [-0.05, 0) is 54.0 Å². The molecule has 0 bridgehead atoms. The van der Waals surface area contributed by atoms with Crippen molar-refractivity contribution in [3.63, 3.8) is 0 Å². The van der Waals surface area contributed by atoms with Gasteiger partial charge in [0.2, 0.25) is 10.0 Å². The van der Waals surface area contributed by atoms with Gasteiger partial charge in [-0.1, -0.05) is 23.7 Å². The fourth-order valence-corrected chi connectivity index (χ4v) is 4.38. The van der Waals surface area contributed by atoms with Crippen molar-refractivity contribution in [2.45, 2.75) is 24.8 Å². The highest BCUT2D eigenvalue weighted by atomic mass is 79.9. The molecule has 0 heterocycles. The Bertz CT molecular complexity index is 935. The number of para-hydroxylation sites is 1. The summed E-state index contributed by atoms with van der Waals surface area (Å²) >= 11 is 9.24. The number of rotatable bonds is 5. The van der Waals surface area contributed by atoms with E-state index < -0.39 is 32.7 Å². The number of amides is 2. The van der Waals surface area contributed by atoms with Gasteiger partial charge in [0.15, 0.2) is 5.75 Å². The lowest BCUT2D eigenvalue weighted by Gasteiger charge is -2.15. The molecule has 0 aliphatic heterocycles. The van der Waals surface area contributed by atoms with Crippen LogP contribution in [0.1, 0.15) is 13.8 Å². The zero-order valence-electron chi connectivity index (χ0n) is 13.9. The monoisotopic (exact) mass is 461 g/mol. The van der Waals surface area contributed by atoms with Crippen molar-refractivity contribution in [2.24, 2.45) is 0 Å². The molecule has 26 heavy (non-hydrogen) atoms. The first kappa shape index (κ1) is 20.5. The predicted molar refractivity (Wildman–Crippen MR) is 105 cm³/mol. The number of hydrogen-bond donors (Lipinski definition) is 4. The molecular formula is C16H17BrClN3O4S. The third-order valence-electron chi connectivity index (χ3n) is 3.11. The molecule has 2 aromatic rings. The molecule has 140 valence electrons. The molecule has 0 saturated carbocycles. The number of sulfonamides is 1. The van der Waals surface area contributed by atoms with E-state index in [2.05, 4.69) is 31.3 Å². The summed E-state index contributed by atoms with van der Waals surface area (Å²) < 4.78 is 27.7. The second kappa shape index (κ2) is 8.26. The normalized spacial score (nSPS) is 11.4. The van der Waals surface area contributed by atoms with Crippen molar-refractivity contribution in [1.82, 2.24) is 4.72 Å². The van der Waals surface area contributed by atoms with Gasteiger partial charge < -0.3 is 15.7 Å². The van der Waals surface area contributed by atoms with Crippen LogP contribution in [-0.4, -0.2) is 25.6 Å². The first-order valence-electron chi connectivity index (χ1n) is 7.48. The second-order valence-electron chi connectivity index (χ2n) is 5.61. The highest BCUT2D eigenvalue weighted by Crippen LogP contribution is 2.37. The lowest BCUT2D eigenvalue weighted by atomic mass is 10.3. The van der Waals surface area contributed by atoms with Gasteiger partial charge in [0.1, 0.15) is 4.90 Å². The van der Waals surface area contributed by atoms with Crippen LogP contribution in [0.5, 0.6) is 5.75 Å². The van der Waals surface area contributed by atoms with E-state index >= 15 is 0 Å². The maximum Gasteiger partial charge on any atom is 0.323 e. The van der Waals surface area contributed by atoms with E-state index in [0.29, 0.717) is 10.2 Å². The first-order valence-corrected chi connectivity index (χ1v) is 10.1. The van der Waals surface area contributed by atoms with Crippen molar-refractivity contribution >= 4 is 55.0 Å². The van der Waals surface area contributed by atoms with Crippen LogP contribution in [0.2, 0.25) is 5.02 Å². The summed E-state index contributed by atoms with van der Waals surface area (Å²) in [4.78, 5) is 11.7. The van der Waals surface area contributed by atoms with Crippen molar-refractivity contribution in [1.29, 1.82) is 0 Å². The smallest absolute Gasteiger partial charge is 0.323 e. The number of anilines is 2. The fraction of sp³-hybridized carbons (Fsp3) is 0.188. The summed E-state index contributed by atoms with van der Waals surface area (Å²) in [6.07, 6.45) is 0. The molecule has 0 saturated heterocycles. The van der Waals surface area contributed by atoms with Crippen LogP contribution >= 0.6 is 27.5 Å². The lowest BCUT2D eigenvalue weighted by Crippen LogP contribution is -2.30. The van der Waals surface area contributed by atoms with Crippen LogP contribution in [0.4, 0.5) is 16.2 Å². The van der Waals surface area contributed by atoms with Crippen LogP contribution in [-0.2, 0) is 10.0 Å². The van der Waals surface area contributed by atoms with Gasteiger partial charge in [0.25, 0.3) is 0 Å². The molecule has 0 atom stereocenters. The number of carbonyl (C=O) groups is 1. The number of nitrogens with one attached hydrogen (secondary N) is 3. The van der Waals surface area contributed by atoms with Gasteiger partial charge in [-0.3, -0.25) is 0 Å². The van der Waals surface area contributed by atoms with Crippen LogP contribution in [0.3, 0.4) is 0 Å². The van der Waals surface area contributed by atoms with E-state index in [4.69, 9.17) is 11.6 Å². The average molecular weight is 463 g/mol. The Labute approximate surface area is 164 Å². The van der Waals surface area contributed by atoms with Crippen LogP contribution < -0.4 is 15.4 Å². The fourth-order valence-electron chi connectivity index (χ4n) is 2.11. The maximum absolute atomic E-state index is 12.4. The van der Waals surface area contributed by atoms with E-state index in [1.165, 1.54) is 12.1 Å². The van der Waals surface area contributed by atoms with Gasteiger partial charge in [-0.2, -0.15) is 0 Å². The molecular weight excluding hydrogens is 446 g/mol. The van der Waals surface area contributed by atoms with E-state index in [1.54, 1.807) is 38.1 Å². The number of carbonyl (C=O) groups excluding carboxylic acids is 1. The third kappa shape index (κ3) is 4.88. The molecule has 2 amide bonds. The van der Waals surface area contributed by atoms with E-state index in [-0.39, 0.29) is 10.7 Å². The van der Waals surface area contributed by atoms with Crippen molar-refractivity contribution < 1.29 is 18.3 Å². The minimum atomic E-state index is -4.06. The van der Waals surface area contributed by atoms with Gasteiger partial charge in [-0.15, -0.1) is 0 Å². The third-order valence-corrected chi connectivity index (χ3v) is 5.96. The minimum absolute atomic E-state index is 0.0944. The molecule has 0 radical (unpaired) electrons. The first-order chi connectivity index (χ1) is 12.1. The molecule has 0 aliphatic carbocycles. The predicted octanol–water partition coefficient (Wildman–Crippen LogP) is 4.14. The van der Waals surface area contributed by atoms with Gasteiger partial charge >= 0.3 is 6.03 Å². The van der Waals surface area contributed by atoms with Gasteiger partial charge in [0, 0.05) is 10.5 Å². The molecule has 0 unspecified atom stereocenters. The van der Waals surface area contributed by atoms with Crippen LogP contribution in [0, 0.1) is 0 Å². The van der Waals surface area contributed by atoms with E-state index in [9.17, 15) is 18.3 Å². The summed E-state index contributed by atoms with van der Waals surface area (Å²) in [5, 5.41) is 15.2. The van der Waals surface area contributed by atoms with Gasteiger partial charge in [-0.25, -0.2) is 17.9 Å². The lowest BCUT2D eigenvalue weighted by molar-refractivity contribution is 0.262.